The molecule has 0 aliphatic rings. The largest absolute Gasteiger partial charge is 0.230 e. The number of hydrogen-bond donors (Lipinski definition) is 0. The number of hydrogen-bond acceptors (Lipinski definition) is 6. The standard InChI is InChI=1S/C22H30O4S4/c1-19-13-7-9-15-21(19)29(23,24)27-17-11-5-3-4-6-12-18-28-30(25,26)22-16-10-8-14-20(22)2/h7-10,13-16H,3-6,11-12,17-18H2,1-2H3. The summed E-state index contributed by atoms with van der Waals surface area (Å²) < 4.78 is 49.5. The fraction of sp³-hybridized carbons (Fsp3) is 0.455. The highest BCUT2D eigenvalue weighted by atomic mass is 33.1. The molecule has 0 fully saturated rings. The Bertz CT molecular complexity index is 931. The molecule has 30 heavy (non-hydrogen) atoms. The first-order valence-electron chi connectivity index (χ1n) is 10.1. The molecular weight excluding hydrogens is 457 g/mol. The smallest absolute Gasteiger partial charge is 0.212 e. The van der Waals surface area contributed by atoms with Gasteiger partial charge in [0.1, 0.15) is 0 Å². The van der Waals surface area contributed by atoms with E-state index in [0.29, 0.717) is 21.3 Å². The molecule has 0 aliphatic heterocycles. The quantitative estimate of drug-likeness (QED) is 0.248. The van der Waals surface area contributed by atoms with Gasteiger partial charge in [-0.2, -0.15) is 0 Å². The molecule has 0 saturated carbocycles. The Kier molecular flexibility index (Phi) is 10.3. The molecule has 166 valence electrons. The van der Waals surface area contributed by atoms with E-state index in [-0.39, 0.29) is 0 Å². The molecule has 0 saturated heterocycles. The molecule has 0 atom stereocenters. The van der Waals surface area contributed by atoms with E-state index >= 15 is 0 Å². The van der Waals surface area contributed by atoms with Crippen molar-refractivity contribution >= 4 is 39.3 Å². The van der Waals surface area contributed by atoms with Gasteiger partial charge in [0, 0.05) is 11.5 Å². The van der Waals surface area contributed by atoms with Crippen LogP contribution in [0.4, 0.5) is 0 Å². The summed E-state index contributed by atoms with van der Waals surface area (Å²) in [5, 5.41) is 0. The normalized spacial score (nSPS) is 12.2. The van der Waals surface area contributed by atoms with Gasteiger partial charge in [-0.05, 0) is 71.5 Å². The SMILES string of the molecule is Cc1ccccc1S(=O)(=O)SCCCCCCCCSS(=O)(=O)c1ccccc1C. The Hall–Kier alpha value is -0.960. The molecule has 0 heterocycles. The van der Waals surface area contributed by atoms with Crippen LogP contribution in [0.15, 0.2) is 58.3 Å². The molecule has 0 amide bonds. The Morgan fingerprint density at radius 2 is 0.900 bits per heavy atom. The lowest BCUT2D eigenvalue weighted by atomic mass is 10.1. The Balaban J connectivity index is 1.56. The van der Waals surface area contributed by atoms with Crippen LogP contribution in [0, 0.1) is 13.8 Å². The molecule has 0 aromatic heterocycles. The molecule has 0 spiro atoms. The Morgan fingerprint density at radius 1 is 0.567 bits per heavy atom. The van der Waals surface area contributed by atoms with Gasteiger partial charge in [-0.25, -0.2) is 16.8 Å². The van der Waals surface area contributed by atoms with Gasteiger partial charge >= 0.3 is 0 Å². The van der Waals surface area contributed by atoms with Crippen LogP contribution >= 0.6 is 21.6 Å². The van der Waals surface area contributed by atoms with Crippen molar-refractivity contribution in [2.45, 2.75) is 62.2 Å². The van der Waals surface area contributed by atoms with Gasteiger partial charge in [0.15, 0.2) is 0 Å². The third-order valence-corrected chi connectivity index (χ3v) is 12.2. The third-order valence-electron chi connectivity index (χ3n) is 4.74. The molecule has 0 bridgehead atoms. The maximum absolute atomic E-state index is 12.4. The second-order valence-electron chi connectivity index (χ2n) is 7.20. The van der Waals surface area contributed by atoms with Crippen LogP contribution in [0.25, 0.3) is 0 Å². The van der Waals surface area contributed by atoms with Crippen molar-refractivity contribution in [3.63, 3.8) is 0 Å². The molecule has 2 aromatic rings. The molecule has 4 nitrogen and oxygen atoms in total. The lowest BCUT2D eigenvalue weighted by molar-refractivity contribution is 0.607. The summed E-state index contributed by atoms with van der Waals surface area (Å²) in [6, 6.07) is 14.2. The second kappa shape index (κ2) is 12.2. The average molecular weight is 487 g/mol. The number of rotatable bonds is 13. The third kappa shape index (κ3) is 7.94. The van der Waals surface area contributed by atoms with E-state index in [4.69, 9.17) is 0 Å². The van der Waals surface area contributed by atoms with Crippen LogP contribution in [0.3, 0.4) is 0 Å². The van der Waals surface area contributed by atoms with Crippen LogP contribution in [-0.4, -0.2) is 28.3 Å². The highest BCUT2D eigenvalue weighted by Gasteiger charge is 2.17. The molecule has 8 heteroatoms. The van der Waals surface area contributed by atoms with E-state index < -0.39 is 17.7 Å². The van der Waals surface area contributed by atoms with Gasteiger partial charge in [0.25, 0.3) is 0 Å². The summed E-state index contributed by atoms with van der Waals surface area (Å²) in [6.07, 6.45) is 5.80. The predicted molar refractivity (Wildman–Crippen MR) is 129 cm³/mol. The summed E-state index contributed by atoms with van der Waals surface area (Å²) in [4.78, 5) is 0.821. The van der Waals surface area contributed by atoms with Crippen molar-refractivity contribution in [3.05, 3.63) is 59.7 Å². The maximum atomic E-state index is 12.4. The van der Waals surface area contributed by atoms with Crippen molar-refractivity contribution in [3.8, 4) is 0 Å². The molecule has 0 unspecified atom stereocenters. The maximum Gasteiger partial charge on any atom is 0.230 e. The highest BCUT2D eigenvalue weighted by molar-refractivity contribution is 8.72. The fourth-order valence-electron chi connectivity index (χ4n) is 3.05. The van der Waals surface area contributed by atoms with Crippen LogP contribution in [-0.2, 0) is 17.7 Å². The van der Waals surface area contributed by atoms with Gasteiger partial charge in [-0.15, -0.1) is 0 Å². The highest BCUT2D eigenvalue weighted by Crippen LogP contribution is 2.28. The molecule has 0 aliphatic carbocycles. The van der Waals surface area contributed by atoms with E-state index in [1.54, 1.807) is 24.3 Å². The van der Waals surface area contributed by atoms with Crippen molar-refractivity contribution in [2.24, 2.45) is 0 Å². The van der Waals surface area contributed by atoms with E-state index in [2.05, 4.69) is 0 Å². The van der Waals surface area contributed by atoms with Gasteiger partial charge in [0.05, 0.1) is 9.79 Å². The minimum absolute atomic E-state index is 0.410. The lowest BCUT2D eigenvalue weighted by Gasteiger charge is -2.07. The minimum Gasteiger partial charge on any atom is -0.212 e. The van der Waals surface area contributed by atoms with Gasteiger partial charge in [-0.1, -0.05) is 62.1 Å². The van der Waals surface area contributed by atoms with Crippen molar-refractivity contribution in [1.29, 1.82) is 0 Å². The first kappa shape index (κ1) is 25.3. The van der Waals surface area contributed by atoms with Gasteiger partial charge in [-0.3, -0.25) is 0 Å². The summed E-state index contributed by atoms with van der Waals surface area (Å²) in [6.45, 7) is 3.63. The zero-order chi connectivity index (χ0) is 22.0. The summed E-state index contributed by atoms with van der Waals surface area (Å²) in [5.74, 6) is 1.20. The first-order chi connectivity index (χ1) is 14.2. The second-order valence-corrected chi connectivity index (χ2v) is 15.2. The lowest BCUT2D eigenvalue weighted by Crippen LogP contribution is -1.99. The number of aryl methyl sites for hydroxylation is 2. The molecule has 2 aromatic carbocycles. The fourth-order valence-corrected chi connectivity index (χ4v) is 9.71. The van der Waals surface area contributed by atoms with E-state index in [1.165, 1.54) is 0 Å². The van der Waals surface area contributed by atoms with Crippen molar-refractivity contribution in [1.82, 2.24) is 0 Å². The van der Waals surface area contributed by atoms with Gasteiger partial charge in [0.2, 0.25) is 17.7 Å². The van der Waals surface area contributed by atoms with E-state index in [9.17, 15) is 16.8 Å². The topological polar surface area (TPSA) is 68.3 Å². The van der Waals surface area contributed by atoms with E-state index in [0.717, 1.165) is 71.2 Å². The first-order valence-corrected chi connectivity index (χ1v) is 16.1. The van der Waals surface area contributed by atoms with Crippen LogP contribution < -0.4 is 0 Å². The van der Waals surface area contributed by atoms with Crippen molar-refractivity contribution in [2.75, 3.05) is 11.5 Å². The number of benzene rings is 2. The Morgan fingerprint density at radius 3 is 1.27 bits per heavy atom. The summed E-state index contributed by atoms with van der Waals surface area (Å²) >= 11 is 0. The summed E-state index contributed by atoms with van der Waals surface area (Å²) in [5.41, 5.74) is 1.57. The number of unbranched alkanes of at least 4 members (excludes halogenated alkanes) is 5. The zero-order valence-electron chi connectivity index (χ0n) is 17.5. The Labute approximate surface area is 188 Å². The van der Waals surface area contributed by atoms with E-state index in [1.807, 2.05) is 38.1 Å². The zero-order valence-corrected chi connectivity index (χ0v) is 20.8. The molecule has 0 radical (unpaired) electrons. The minimum atomic E-state index is -3.28. The molecular formula is C22H30O4S4. The van der Waals surface area contributed by atoms with Crippen molar-refractivity contribution < 1.29 is 16.8 Å². The van der Waals surface area contributed by atoms with Crippen LogP contribution in [0.2, 0.25) is 0 Å². The molecule has 0 N–H and O–H groups in total. The predicted octanol–water partition coefficient (Wildman–Crippen LogP) is 6.19. The monoisotopic (exact) mass is 486 g/mol. The van der Waals surface area contributed by atoms with Crippen LogP contribution in [0.5, 0.6) is 0 Å². The van der Waals surface area contributed by atoms with Crippen LogP contribution in [0.1, 0.15) is 49.7 Å². The average Bonchev–Trinajstić information content (AvgIpc) is 2.69. The van der Waals surface area contributed by atoms with Gasteiger partial charge < -0.3 is 0 Å². The molecule has 2 rings (SSSR count). The summed E-state index contributed by atoms with van der Waals surface area (Å²) in [7, 11) is -4.51.